The van der Waals surface area contributed by atoms with E-state index in [1.54, 1.807) is 6.07 Å². The van der Waals surface area contributed by atoms with E-state index in [9.17, 15) is 4.39 Å². The highest BCUT2D eigenvalue weighted by molar-refractivity contribution is 6.33. The molecule has 0 aliphatic carbocycles. The quantitative estimate of drug-likeness (QED) is 0.503. The molecule has 3 rings (SSSR count). The number of fused-ring (bicyclic) bond motifs is 3. The van der Waals surface area contributed by atoms with Gasteiger partial charge in [0.25, 0.3) is 0 Å². The summed E-state index contributed by atoms with van der Waals surface area (Å²) >= 11 is 0. The maximum absolute atomic E-state index is 13.4. The highest BCUT2D eigenvalue weighted by atomic mass is 19.1. The van der Waals surface area contributed by atoms with Crippen molar-refractivity contribution in [3.05, 3.63) is 42.2 Å². The van der Waals surface area contributed by atoms with Crippen LogP contribution in [0.1, 0.15) is 0 Å². The number of hydrogen-bond donors (Lipinski definition) is 0. The van der Waals surface area contributed by atoms with Gasteiger partial charge < -0.3 is 4.42 Å². The average molecular weight is 198 g/mol. The first kappa shape index (κ1) is 8.54. The highest BCUT2D eigenvalue weighted by Gasteiger charge is 2.09. The Morgan fingerprint density at radius 1 is 1.07 bits per heavy atom. The summed E-state index contributed by atoms with van der Waals surface area (Å²) in [4.78, 5) is 0. The normalized spacial score (nSPS) is 11.3. The predicted octanol–water partition coefficient (Wildman–Crippen LogP) is 1.98. The van der Waals surface area contributed by atoms with Crippen LogP contribution in [0.25, 0.3) is 21.9 Å². The molecular formula is C12H8BFO. The number of furan rings is 1. The second-order valence-electron chi connectivity index (χ2n) is 3.72. The molecule has 1 aromatic heterocycles. The van der Waals surface area contributed by atoms with E-state index >= 15 is 0 Å². The van der Waals surface area contributed by atoms with Crippen molar-refractivity contribution in [3.63, 3.8) is 0 Å². The van der Waals surface area contributed by atoms with Gasteiger partial charge in [-0.1, -0.05) is 29.7 Å². The van der Waals surface area contributed by atoms with E-state index in [4.69, 9.17) is 4.42 Å². The molecule has 0 aliphatic rings. The van der Waals surface area contributed by atoms with E-state index < -0.39 is 0 Å². The standard InChI is InChI=1S/C12H8BFO/c13-7-4-5-8-9-2-1-3-10(14)12(9)15-11(8)6-7/h1-6H,13H2. The maximum atomic E-state index is 13.4. The second-order valence-corrected chi connectivity index (χ2v) is 3.72. The molecule has 0 radical (unpaired) electrons. The summed E-state index contributed by atoms with van der Waals surface area (Å²) < 4.78 is 18.9. The molecule has 3 heteroatoms. The Labute approximate surface area is 86.9 Å². The Bertz CT molecular complexity index is 657. The van der Waals surface area contributed by atoms with E-state index in [-0.39, 0.29) is 5.82 Å². The number of para-hydroxylation sites is 1. The van der Waals surface area contributed by atoms with Crippen LogP contribution in [-0.4, -0.2) is 7.85 Å². The molecule has 2 aromatic carbocycles. The Kier molecular flexibility index (Phi) is 1.63. The second kappa shape index (κ2) is 2.86. The van der Waals surface area contributed by atoms with Crippen molar-refractivity contribution in [3.8, 4) is 0 Å². The fraction of sp³-hybridized carbons (Fsp3) is 0. The smallest absolute Gasteiger partial charge is 0.171 e. The largest absolute Gasteiger partial charge is 0.453 e. The fourth-order valence-electron chi connectivity index (χ4n) is 1.87. The van der Waals surface area contributed by atoms with E-state index in [2.05, 4.69) is 0 Å². The van der Waals surface area contributed by atoms with Gasteiger partial charge in [-0.3, -0.25) is 0 Å². The summed E-state index contributed by atoms with van der Waals surface area (Å²) in [6.07, 6.45) is 0. The van der Waals surface area contributed by atoms with Crippen LogP contribution >= 0.6 is 0 Å². The third-order valence-electron chi connectivity index (χ3n) is 2.61. The highest BCUT2D eigenvalue weighted by Crippen LogP contribution is 2.29. The molecule has 0 saturated heterocycles. The summed E-state index contributed by atoms with van der Waals surface area (Å²) in [5.41, 5.74) is 2.20. The first-order valence-electron chi connectivity index (χ1n) is 4.83. The van der Waals surface area contributed by atoms with Crippen molar-refractivity contribution in [2.75, 3.05) is 0 Å². The molecule has 0 bridgehead atoms. The molecular weight excluding hydrogens is 190 g/mol. The van der Waals surface area contributed by atoms with Crippen LogP contribution in [-0.2, 0) is 0 Å². The maximum Gasteiger partial charge on any atom is 0.171 e. The SMILES string of the molecule is Bc1ccc2c(c1)oc1c(F)cccc12. The van der Waals surface area contributed by atoms with Gasteiger partial charge in [0, 0.05) is 10.8 Å². The minimum absolute atomic E-state index is 0.304. The number of halogens is 1. The van der Waals surface area contributed by atoms with Gasteiger partial charge >= 0.3 is 0 Å². The number of hydrogen-bond acceptors (Lipinski definition) is 1. The van der Waals surface area contributed by atoms with Crippen molar-refractivity contribution in [1.82, 2.24) is 0 Å². The Balaban J connectivity index is 2.57. The lowest BCUT2D eigenvalue weighted by atomic mass is 9.95. The Hall–Kier alpha value is -1.77. The number of rotatable bonds is 0. The topological polar surface area (TPSA) is 13.1 Å². The molecule has 0 N–H and O–H groups in total. The van der Waals surface area contributed by atoms with Crippen LogP contribution in [0.4, 0.5) is 4.39 Å². The van der Waals surface area contributed by atoms with E-state index in [1.165, 1.54) is 6.07 Å². The van der Waals surface area contributed by atoms with Gasteiger partial charge in [0.15, 0.2) is 11.4 Å². The lowest BCUT2D eigenvalue weighted by molar-refractivity contribution is 0.584. The fourth-order valence-corrected chi connectivity index (χ4v) is 1.87. The molecule has 0 atom stereocenters. The van der Waals surface area contributed by atoms with Gasteiger partial charge in [-0.2, -0.15) is 0 Å². The summed E-state index contributed by atoms with van der Waals surface area (Å²) in [7, 11) is 1.99. The van der Waals surface area contributed by atoms with Crippen molar-refractivity contribution in [1.29, 1.82) is 0 Å². The van der Waals surface area contributed by atoms with Crippen molar-refractivity contribution >= 4 is 35.2 Å². The molecule has 0 aliphatic heterocycles. The summed E-state index contributed by atoms with van der Waals surface area (Å²) in [5.74, 6) is -0.304. The molecule has 0 saturated carbocycles. The zero-order valence-electron chi connectivity index (χ0n) is 8.25. The van der Waals surface area contributed by atoms with Gasteiger partial charge in [-0.05, 0) is 12.1 Å². The van der Waals surface area contributed by atoms with E-state index in [0.717, 1.165) is 21.8 Å². The Morgan fingerprint density at radius 3 is 2.80 bits per heavy atom. The molecule has 3 aromatic rings. The monoisotopic (exact) mass is 198 g/mol. The third kappa shape index (κ3) is 1.16. The van der Waals surface area contributed by atoms with Crippen molar-refractivity contribution in [2.24, 2.45) is 0 Å². The minimum atomic E-state index is -0.304. The molecule has 1 heterocycles. The van der Waals surface area contributed by atoms with E-state index in [0.29, 0.717) is 5.58 Å². The molecule has 0 spiro atoms. The van der Waals surface area contributed by atoms with Gasteiger partial charge in [-0.25, -0.2) is 4.39 Å². The Morgan fingerprint density at radius 2 is 1.93 bits per heavy atom. The van der Waals surface area contributed by atoms with Crippen molar-refractivity contribution < 1.29 is 8.81 Å². The van der Waals surface area contributed by atoms with Gasteiger partial charge in [0.05, 0.1) is 0 Å². The van der Waals surface area contributed by atoms with Crippen LogP contribution in [0.2, 0.25) is 0 Å². The average Bonchev–Trinajstić information content (AvgIpc) is 2.57. The summed E-state index contributed by atoms with van der Waals surface area (Å²) in [6.45, 7) is 0. The first-order valence-corrected chi connectivity index (χ1v) is 4.83. The molecule has 1 nitrogen and oxygen atoms in total. The molecule has 72 valence electrons. The molecule has 0 amide bonds. The van der Waals surface area contributed by atoms with Gasteiger partial charge in [0.1, 0.15) is 13.4 Å². The molecule has 0 fully saturated rings. The van der Waals surface area contributed by atoms with Crippen molar-refractivity contribution in [2.45, 2.75) is 0 Å². The third-order valence-corrected chi connectivity index (χ3v) is 2.61. The zero-order valence-corrected chi connectivity index (χ0v) is 8.25. The number of benzene rings is 2. The van der Waals surface area contributed by atoms with Gasteiger partial charge in [-0.15, -0.1) is 0 Å². The van der Waals surface area contributed by atoms with Gasteiger partial charge in [0.2, 0.25) is 0 Å². The van der Waals surface area contributed by atoms with Crippen LogP contribution in [0, 0.1) is 5.82 Å². The summed E-state index contributed by atoms with van der Waals surface area (Å²) in [6, 6.07) is 10.9. The first-order chi connectivity index (χ1) is 7.25. The summed E-state index contributed by atoms with van der Waals surface area (Å²) in [5, 5.41) is 1.81. The van der Waals surface area contributed by atoms with E-state index in [1.807, 2.05) is 32.1 Å². The predicted molar refractivity (Wildman–Crippen MR) is 61.9 cm³/mol. The lowest BCUT2D eigenvalue weighted by Gasteiger charge is -1.90. The lowest BCUT2D eigenvalue weighted by Crippen LogP contribution is -1.98. The van der Waals surface area contributed by atoms with Crippen LogP contribution in [0.15, 0.2) is 40.8 Å². The molecule has 0 unspecified atom stereocenters. The van der Waals surface area contributed by atoms with Crippen LogP contribution in [0.5, 0.6) is 0 Å². The zero-order chi connectivity index (χ0) is 10.4. The van der Waals surface area contributed by atoms with Crippen LogP contribution in [0.3, 0.4) is 0 Å². The minimum Gasteiger partial charge on any atom is -0.453 e. The van der Waals surface area contributed by atoms with Crippen LogP contribution < -0.4 is 5.46 Å². The molecule has 15 heavy (non-hydrogen) atoms.